The predicted molar refractivity (Wildman–Crippen MR) is 143 cm³/mol. The molecule has 4 rings (SSSR count). The van der Waals surface area contributed by atoms with Crippen LogP contribution in [0.15, 0.2) is 78.2 Å². The Morgan fingerprint density at radius 3 is 2.39 bits per heavy atom. The van der Waals surface area contributed by atoms with E-state index in [1.54, 1.807) is 35.6 Å². The van der Waals surface area contributed by atoms with Gasteiger partial charge in [0.1, 0.15) is 5.01 Å². The SMILES string of the molecule is COc1cc(/C=C/C(=O)NCc2ccc(-c3nc(-c4ccc(C)cc4)cs3)cc2)ccc1OC(C)=O. The van der Waals surface area contributed by atoms with Crippen LogP contribution in [0.4, 0.5) is 0 Å². The van der Waals surface area contributed by atoms with Crippen LogP contribution in [0.3, 0.4) is 0 Å². The fourth-order valence-corrected chi connectivity index (χ4v) is 4.31. The first-order valence-corrected chi connectivity index (χ1v) is 12.2. The van der Waals surface area contributed by atoms with Gasteiger partial charge in [0.25, 0.3) is 0 Å². The standard InChI is InChI=1S/C29H26N2O4S/c1-19-4-10-23(11-5-19)25-18-36-29(31-25)24-12-6-22(7-13-24)17-30-28(33)15-9-21-8-14-26(35-20(2)32)27(16-21)34-3/h4-16,18H,17H2,1-3H3,(H,30,33)/b15-9+. The molecule has 1 amide bonds. The molecule has 0 aliphatic heterocycles. The summed E-state index contributed by atoms with van der Waals surface area (Å²) in [4.78, 5) is 28.2. The van der Waals surface area contributed by atoms with Gasteiger partial charge in [-0.3, -0.25) is 9.59 Å². The lowest BCUT2D eigenvalue weighted by atomic mass is 10.1. The molecular weight excluding hydrogens is 472 g/mol. The summed E-state index contributed by atoms with van der Waals surface area (Å²) in [5.41, 5.74) is 6.08. The molecule has 0 bridgehead atoms. The van der Waals surface area contributed by atoms with E-state index in [0.29, 0.717) is 18.0 Å². The molecule has 0 aliphatic carbocycles. The number of methoxy groups -OCH3 is 1. The Labute approximate surface area is 214 Å². The van der Waals surface area contributed by atoms with E-state index in [4.69, 9.17) is 14.5 Å². The van der Waals surface area contributed by atoms with Crippen LogP contribution in [0.5, 0.6) is 11.5 Å². The molecule has 4 aromatic rings. The number of nitrogens with one attached hydrogen (secondary N) is 1. The van der Waals surface area contributed by atoms with Gasteiger partial charge in [-0.25, -0.2) is 4.98 Å². The van der Waals surface area contributed by atoms with Crippen molar-refractivity contribution in [2.45, 2.75) is 20.4 Å². The Kier molecular flexibility index (Phi) is 7.92. The van der Waals surface area contributed by atoms with E-state index in [1.807, 2.05) is 24.3 Å². The normalized spacial score (nSPS) is 10.9. The number of thiazole rings is 1. The van der Waals surface area contributed by atoms with Gasteiger partial charge < -0.3 is 14.8 Å². The predicted octanol–water partition coefficient (Wildman–Crippen LogP) is 6.05. The second-order valence-electron chi connectivity index (χ2n) is 8.16. The quantitative estimate of drug-likeness (QED) is 0.182. The zero-order chi connectivity index (χ0) is 25.5. The van der Waals surface area contributed by atoms with Gasteiger partial charge in [0.2, 0.25) is 5.91 Å². The minimum Gasteiger partial charge on any atom is -0.493 e. The van der Waals surface area contributed by atoms with Gasteiger partial charge in [-0.2, -0.15) is 0 Å². The summed E-state index contributed by atoms with van der Waals surface area (Å²) in [6.07, 6.45) is 3.13. The molecule has 3 aromatic carbocycles. The van der Waals surface area contributed by atoms with Crippen molar-refractivity contribution in [1.29, 1.82) is 0 Å². The van der Waals surface area contributed by atoms with Crippen LogP contribution < -0.4 is 14.8 Å². The van der Waals surface area contributed by atoms with E-state index in [0.717, 1.165) is 33.0 Å². The highest BCUT2D eigenvalue weighted by molar-refractivity contribution is 7.13. The molecule has 6 nitrogen and oxygen atoms in total. The van der Waals surface area contributed by atoms with Gasteiger partial charge in [0, 0.05) is 36.1 Å². The van der Waals surface area contributed by atoms with Crippen molar-refractivity contribution < 1.29 is 19.1 Å². The Morgan fingerprint density at radius 2 is 1.69 bits per heavy atom. The van der Waals surface area contributed by atoms with Crippen LogP contribution in [-0.2, 0) is 16.1 Å². The summed E-state index contributed by atoms with van der Waals surface area (Å²) in [5, 5.41) is 5.91. The van der Waals surface area contributed by atoms with Crippen LogP contribution >= 0.6 is 11.3 Å². The molecule has 1 heterocycles. The average molecular weight is 499 g/mol. The van der Waals surface area contributed by atoms with E-state index in [9.17, 15) is 9.59 Å². The summed E-state index contributed by atoms with van der Waals surface area (Å²) in [6, 6.07) is 21.4. The molecular formula is C29H26N2O4S. The molecule has 0 fully saturated rings. The Balaban J connectivity index is 1.33. The summed E-state index contributed by atoms with van der Waals surface area (Å²) in [6.45, 7) is 3.80. The zero-order valence-electron chi connectivity index (χ0n) is 20.3. The number of benzene rings is 3. The van der Waals surface area contributed by atoms with Crippen molar-refractivity contribution in [3.05, 3.63) is 94.9 Å². The van der Waals surface area contributed by atoms with Crippen molar-refractivity contribution in [2.75, 3.05) is 7.11 Å². The maximum Gasteiger partial charge on any atom is 0.308 e. The third-order valence-electron chi connectivity index (χ3n) is 5.39. The Hall–Kier alpha value is -4.23. The Bertz CT molecular complexity index is 1390. The Morgan fingerprint density at radius 1 is 0.972 bits per heavy atom. The topological polar surface area (TPSA) is 77.5 Å². The van der Waals surface area contributed by atoms with E-state index >= 15 is 0 Å². The van der Waals surface area contributed by atoms with Crippen LogP contribution in [0.25, 0.3) is 27.9 Å². The molecule has 7 heteroatoms. The molecule has 0 saturated carbocycles. The van der Waals surface area contributed by atoms with Crippen LogP contribution in [-0.4, -0.2) is 24.0 Å². The summed E-state index contributed by atoms with van der Waals surface area (Å²) < 4.78 is 10.3. The fraction of sp³-hybridized carbons (Fsp3) is 0.138. The molecule has 182 valence electrons. The third-order valence-corrected chi connectivity index (χ3v) is 6.28. The second-order valence-corrected chi connectivity index (χ2v) is 9.01. The van der Waals surface area contributed by atoms with Gasteiger partial charge in [-0.1, -0.05) is 60.2 Å². The van der Waals surface area contributed by atoms with Gasteiger partial charge in [-0.05, 0) is 36.3 Å². The molecule has 1 aromatic heterocycles. The highest BCUT2D eigenvalue weighted by atomic mass is 32.1. The number of aryl methyl sites for hydroxylation is 1. The second kappa shape index (κ2) is 11.5. The minimum absolute atomic E-state index is 0.218. The smallest absolute Gasteiger partial charge is 0.308 e. The number of amides is 1. The van der Waals surface area contributed by atoms with E-state index in [-0.39, 0.29) is 5.91 Å². The zero-order valence-corrected chi connectivity index (χ0v) is 21.1. The van der Waals surface area contributed by atoms with Crippen LogP contribution in [0.2, 0.25) is 0 Å². The van der Waals surface area contributed by atoms with Gasteiger partial charge in [-0.15, -0.1) is 11.3 Å². The van der Waals surface area contributed by atoms with Crippen molar-refractivity contribution in [2.24, 2.45) is 0 Å². The van der Waals surface area contributed by atoms with Crippen molar-refractivity contribution in [3.63, 3.8) is 0 Å². The molecule has 0 atom stereocenters. The fourth-order valence-electron chi connectivity index (χ4n) is 3.48. The van der Waals surface area contributed by atoms with Crippen molar-refractivity contribution in [3.8, 4) is 33.3 Å². The maximum atomic E-state index is 12.3. The first-order chi connectivity index (χ1) is 17.4. The summed E-state index contributed by atoms with van der Waals surface area (Å²) in [7, 11) is 1.49. The van der Waals surface area contributed by atoms with Crippen LogP contribution in [0, 0.1) is 6.92 Å². The maximum absolute atomic E-state index is 12.3. The minimum atomic E-state index is -0.428. The number of hydrogen-bond donors (Lipinski definition) is 1. The molecule has 0 radical (unpaired) electrons. The number of ether oxygens (including phenoxy) is 2. The van der Waals surface area contributed by atoms with Crippen molar-refractivity contribution >= 4 is 29.3 Å². The van der Waals surface area contributed by atoms with Gasteiger partial charge >= 0.3 is 5.97 Å². The summed E-state index contributed by atoms with van der Waals surface area (Å²) >= 11 is 1.61. The molecule has 0 spiro atoms. The van der Waals surface area contributed by atoms with Gasteiger partial charge in [0.05, 0.1) is 12.8 Å². The lowest BCUT2D eigenvalue weighted by molar-refractivity contribution is -0.132. The first-order valence-electron chi connectivity index (χ1n) is 11.4. The van der Waals surface area contributed by atoms with Gasteiger partial charge in [0.15, 0.2) is 11.5 Å². The highest BCUT2D eigenvalue weighted by Crippen LogP contribution is 2.30. The van der Waals surface area contributed by atoms with Crippen LogP contribution in [0.1, 0.15) is 23.6 Å². The lowest BCUT2D eigenvalue weighted by Gasteiger charge is -2.08. The van der Waals surface area contributed by atoms with E-state index < -0.39 is 5.97 Å². The number of hydrogen-bond acceptors (Lipinski definition) is 6. The van der Waals surface area contributed by atoms with E-state index in [1.165, 1.54) is 25.7 Å². The number of rotatable bonds is 8. The number of carbonyl (C=O) groups is 2. The number of nitrogens with zero attached hydrogens (tertiary/aromatic N) is 1. The monoisotopic (exact) mass is 498 g/mol. The largest absolute Gasteiger partial charge is 0.493 e. The first kappa shape index (κ1) is 24.9. The van der Waals surface area contributed by atoms with E-state index in [2.05, 4.69) is 41.9 Å². The number of esters is 1. The number of carbonyl (C=O) groups excluding carboxylic acids is 2. The number of aromatic nitrogens is 1. The average Bonchev–Trinajstić information content (AvgIpc) is 3.37. The lowest BCUT2D eigenvalue weighted by Crippen LogP contribution is -2.20. The molecule has 1 N–H and O–H groups in total. The molecule has 0 unspecified atom stereocenters. The molecule has 0 saturated heterocycles. The van der Waals surface area contributed by atoms with Crippen molar-refractivity contribution in [1.82, 2.24) is 10.3 Å². The highest BCUT2D eigenvalue weighted by Gasteiger charge is 2.09. The molecule has 36 heavy (non-hydrogen) atoms. The molecule has 0 aliphatic rings. The summed E-state index contributed by atoms with van der Waals surface area (Å²) in [5.74, 6) is 0.102. The third kappa shape index (κ3) is 6.46.